The van der Waals surface area contributed by atoms with Crippen LogP contribution in [0.25, 0.3) is 44.3 Å². The van der Waals surface area contributed by atoms with E-state index in [1.54, 1.807) is 55.1 Å². The molecule has 0 radical (unpaired) electrons. The largest absolute Gasteiger partial charge is 0.306 e. The first-order valence-corrected chi connectivity index (χ1v) is 13.8. The summed E-state index contributed by atoms with van der Waals surface area (Å²) < 4.78 is 0. The van der Waals surface area contributed by atoms with Crippen molar-refractivity contribution in [3.63, 3.8) is 0 Å². The summed E-state index contributed by atoms with van der Waals surface area (Å²) in [5.74, 6) is -0.124. The van der Waals surface area contributed by atoms with Crippen molar-refractivity contribution in [3.05, 3.63) is 139 Å². The normalized spacial score (nSPS) is 10.9. The molecule has 2 amide bonds. The molecule has 9 nitrogen and oxygen atoms in total. The predicted octanol–water partition coefficient (Wildman–Crippen LogP) is 6.81. The Hall–Kier alpha value is -6.35. The Morgan fingerprint density at radius 1 is 0.477 bits per heavy atom. The molecule has 0 aliphatic carbocycles. The number of rotatable bonds is 6. The zero-order valence-corrected chi connectivity index (χ0v) is 23.2. The Labute approximate surface area is 251 Å². The van der Waals surface area contributed by atoms with Gasteiger partial charge in [0.1, 0.15) is 11.6 Å². The lowest BCUT2D eigenvalue weighted by atomic mass is 10.0. The van der Waals surface area contributed by atoms with E-state index in [0.717, 1.165) is 11.1 Å². The third kappa shape index (κ3) is 5.33. The van der Waals surface area contributed by atoms with E-state index >= 15 is 0 Å². The Morgan fingerprint density at radius 2 is 0.909 bits per heavy atom. The molecule has 0 unspecified atom stereocenters. The molecule has 0 fully saturated rings. The fraction of sp³-hybridized carbons (Fsp3) is 0. The van der Waals surface area contributed by atoms with E-state index in [9.17, 15) is 9.59 Å². The molecule has 0 bridgehead atoms. The molecule has 2 N–H and O–H groups in total. The number of carbonyl (C=O) groups excluding carboxylic acids is 2. The van der Waals surface area contributed by atoms with Gasteiger partial charge in [-0.2, -0.15) is 0 Å². The Kier molecular flexibility index (Phi) is 6.94. The van der Waals surface area contributed by atoms with E-state index in [1.165, 1.54) is 0 Å². The van der Waals surface area contributed by atoms with E-state index in [-0.39, 0.29) is 23.5 Å². The number of nitrogens with zero attached hydrogens (tertiary/aromatic N) is 5. The highest BCUT2D eigenvalue weighted by molar-refractivity contribution is 6.14. The topological polar surface area (TPSA) is 123 Å². The van der Waals surface area contributed by atoms with Crippen molar-refractivity contribution in [2.24, 2.45) is 0 Å². The Morgan fingerprint density at radius 3 is 1.36 bits per heavy atom. The summed E-state index contributed by atoms with van der Waals surface area (Å²) in [6, 6.07) is 30.9. The molecule has 210 valence electrons. The van der Waals surface area contributed by atoms with Gasteiger partial charge < -0.3 is 10.6 Å². The predicted molar refractivity (Wildman–Crippen MR) is 170 cm³/mol. The first kappa shape index (κ1) is 26.5. The van der Waals surface area contributed by atoms with Crippen LogP contribution in [-0.2, 0) is 0 Å². The molecule has 0 aliphatic heterocycles. The number of para-hydroxylation sites is 2. The van der Waals surface area contributed by atoms with E-state index < -0.39 is 0 Å². The van der Waals surface area contributed by atoms with Crippen LogP contribution in [0.4, 0.5) is 11.6 Å². The Balaban J connectivity index is 1.18. The van der Waals surface area contributed by atoms with Gasteiger partial charge in [-0.25, -0.2) is 15.0 Å². The standard InChI is InChI=1S/C35H23N7O2/c43-34(26-20-30(22-12-16-36-17-13-22)38-28-8-3-1-6-24(26)28)41-32-10-5-11-33(40-32)42-35(44)27-21-31(23-14-18-37-19-15-23)39-29-9-4-2-7-25(27)29/h1-21H,(H2,40,41,42,43,44). The van der Waals surface area contributed by atoms with Crippen LogP contribution in [0, 0.1) is 0 Å². The lowest BCUT2D eigenvalue weighted by molar-refractivity contribution is 0.102. The number of benzene rings is 2. The summed E-state index contributed by atoms with van der Waals surface area (Å²) >= 11 is 0. The van der Waals surface area contributed by atoms with E-state index in [4.69, 9.17) is 9.97 Å². The Bertz CT molecular complexity index is 2020. The number of nitrogens with one attached hydrogen (secondary N) is 2. The van der Waals surface area contributed by atoms with Crippen LogP contribution in [0.1, 0.15) is 20.7 Å². The summed E-state index contributed by atoms with van der Waals surface area (Å²) in [5.41, 5.74) is 5.28. The fourth-order valence-corrected chi connectivity index (χ4v) is 5.01. The van der Waals surface area contributed by atoms with Crippen LogP contribution < -0.4 is 10.6 Å². The molecule has 7 aromatic rings. The van der Waals surface area contributed by atoms with Crippen LogP contribution >= 0.6 is 0 Å². The first-order chi connectivity index (χ1) is 21.6. The van der Waals surface area contributed by atoms with Gasteiger partial charge in [0.2, 0.25) is 0 Å². The van der Waals surface area contributed by atoms with E-state index in [1.807, 2.05) is 72.8 Å². The molecule has 7 rings (SSSR count). The second-order valence-electron chi connectivity index (χ2n) is 9.93. The van der Waals surface area contributed by atoms with Crippen molar-refractivity contribution in [1.29, 1.82) is 0 Å². The summed E-state index contributed by atoms with van der Waals surface area (Å²) in [6.45, 7) is 0. The highest BCUT2D eigenvalue weighted by Crippen LogP contribution is 2.27. The number of hydrogen-bond donors (Lipinski definition) is 2. The molecule has 44 heavy (non-hydrogen) atoms. The lowest BCUT2D eigenvalue weighted by Gasteiger charge is -2.12. The zero-order chi connectivity index (χ0) is 29.9. The number of pyridine rings is 5. The average Bonchev–Trinajstić information content (AvgIpc) is 3.08. The quantitative estimate of drug-likeness (QED) is 0.224. The van der Waals surface area contributed by atoms with Crippen LogP contribution in [-0.4, -0.2) is 36.7 Å². The maximum Gasteiger partial charge on any atom is 0.257 e. The lowest BCUT2D eigenvalue weighted by Crippen LogP contribution is -2.17. The number of carbonyl (C=O) groups is 2. The zero-order valence-electron chi connectivity index (χ0n) is 23.2. The van der Waals surface area contributed by atoms with Gasteiger partial charge in [0.05, 0.1) is 33.5 Å². The maximum absolute atomic E-state index is 13.6. The van der Waals surface area contributed by atoms with Crippen molar-refractivity contribution in [2.75, 3.05) is 10.6 Å². The second-order valence-corrected chi connectivity index (χ2v) is 9.93. The van der Waals surface area contributed by atoms with Gasteiger partial charge in [-0.05, 0) is 60.7 Å². The third-order valence-electron chi connectivity index (χ3n) is 7.11. The van der Waals surface area contributed by atoms with Crippen molar-refractivity contribution in [1.82, 2.24) is 24.9 Å². The van der Waals surface area contributed by atoms with Gasteiger partial charge in [-0.3, -0.25) is 19.6 Å². The molecule has 9 heteroatoms. The van der Waals surface area contributed by atoms with Gasteiger partial charge >= 0.3 is 0 Å². The van der Waals surface area contributed by atoms with Gasteiger partial charge in [0, 0.05) is 46.7 Å². The summed E-state index contributed by atoms with van der Waals surface area (Å²) in [5, 5.41) is 7.19. The molecule has 2 aromatic carbocycles. The third-order valence-corrected chi connectivity index (χ3v) is 7.11. The second kappa shape index (κ2) is 11.5. The molecule has 5 aromatic heterocycles. The van der Waals surface area contributed by atoms with Gasteiger partial charge in [0.15, 0.2) is 0 Å². The highest BCUT2D eigenvalue weighted by atomic mass is 16.2. The highest BCUT2D eigenvalue weighted by Gasteiger charge is 2.17. The van der Waals surface area contributed by atoms with E-state index in [2.05, 4.69) is 25.6 Å². The van der Waals surface area contributed by atoms with Crippen LogP contribution in [0.5, 0.6) is 0 Å². The van der Waals surface area contributed by atoms with Gasteiger partial charge in [-0.1, -0.05) is 42.5 Å². The molecule has 0 aliphatic rings. The minimum Gasteiger partial charge on any atom is -0.306 e. The molecule has 0 saturated carbocycles. The smallest absolute Gasteiger partial charge is 0.257 e. The van der Waals surface area contributed by atoms with Crippen molar-refractivity contribution >= 4 is 45.3 Å². The molecule has 0 atom stereocenters. The van der Waals surface area contributed by atoms with Crippen LogP contribution in [0.2, 0.25) is 0 Å². The molecular formula is C35H23N7O2. The molecule has 5 heterocycles. The summed E-state index contributed by atoms with van der Waals surface area (Å²) in [6.07, 6.45) is 6.74. The van der Waals surface area contributed by atoms with Crippen molar-refractivity contribution in [3.8, 4) is 22.5 Å². The van der Waals surface area contributed by atoms with Crippen molar-refractivity contribution < 1.29 is 9.59 Å². The first-order valence-electron chi connectivity index (χ1n) is 13.8. The van der Waals surface area contributed by atoms with E-state index in [0.29, 0.717) is 44.3 Å². The van der Waals surface area contributed by atoms with Crippen LogP contribution in [0.15, 0.2) is 128 Å². The summed E-state index contributed by atoms with van der Waals surface area (Å²) in [4.78, 5) is 49.3. The number of anilines is 2. The maximum atomic E-state index is 13.6. The fourth-order valence-electron chi connectivity index (χ4n) is 5.01. The molecular weight excluding hydrogens is 550 g/mol. The number of hydrogen-bond acceptors (Lipinski definition) is 7. The van der Waals surface area contributed by atoms with Crippen LogP contribution in [0.3, 0.4) is 0 Å². The number of amides is 2. The summed E-state index contributed by atoms with van der Waals surface area (Å²) in [7, 11) is 0. The monoisotopic (exact) mass is 573 g/mol. The molecule has 0 spiro atoms. The number of aromatic nitrogens is 5. The SMILES string of the molecule is O=C(Nc1cccc(NC(=O)c2cc(-c3ccncc3)nc3ccccc23)n1)c1cc(-c2ccncc2)nc2ccccc12. The van der Waals surface area contributed by atoms with Gasteiger partial charge in [0.25, 0.3) is 11.8 Å². The average molecular weight is 574 g/mol. The van der Waals surface area contributed by atoms with Gasteiger partial charge in [-0.15, -0.1) is 0 Å². The minimum absolute atomic E-state index is 0.288. The molecule has 0 saturated heterocycles. The number of fused-ring (bicyclic) bond motifs is 2. The van der Waals surface area contributed by atoms with Crippen molar-refractivity contribution in [2.45, 2.75) is 0 Å². The minimum atomic E-state index is -0.350.